The van der Waals surface area contributed by atoms with E-state index in [4.69, 9.17) is 14.5 Å². The lowest BCUT2D eigenvalue weighted by molar-refractivity contribution is -0.134. The second kappa shape index (κ2) is 10.5. The molecule has 1 fully saturated rings. The van der Waals surface area contributed by atoms with Gasteiger partial charge in [0, 0.05) is 24.8 Å². The Balaban J connectivity index is 1.35. The monoisotopic (exact) mass is 541 g/mol. The van der Waals surface area contributed by atoms with Crippen LogP contribution < -0.4 is 14.8 Å². The number of para-hydroxylation sites is 1. The first-order valence-corrected chi connectivity index (χ1v) is 13.4. The molecule has 2 aliphatic rings. The number of hydrogen-bond acceptors (Lipinski definition) is 7. The van der Waals surface area contributed by atoms with Crippen molar-refractivity contribution in [2.45, 2.75) is 38.8 Å². The second-order valence-corrected chi connectivity index (χ2v) is 10.1. The van der Waals surface area contributed by atoms with Gasteiger partial charge in [-0.05, 0) is 56.5 Å². The van der Waals surface area contributed by atoms with Crippen molar-refractivity contribution in [3.8, 4) is 22.9 Å². The van der Waals surface area contributed by atoms with Crippen LogP contribution in [0.3, 0.4) is 0 Å². The average molecular weight is 542 g/mol. The average Bonchev–Trinajstić information content (AvgIpc) is 3.46. The van der Waals surface area contributed by atoms with Crippen molar-refractivity contribution < 1.29 is 19.1 Å². The van der Waals surface area contributed by atoms with E-state index in [2.05, 4.69) is 22.0 Å². The number of nitrogens with zero attached hydrogens (tertiary/aromatic N) is 6. The first-order valence-electron chi connectivity index (χ1n) is 13.4. The standard InChI is InChI=1S/C29H31N7O4/c1-4-25(37)35-16-20(17-35)40-24-10-8-9-22-26(24)36-11-6-5-7-12-39-28-21(15-30-34(28)3)23-14-19(13-18(2)31-23)27(38)33-29(36)32-22/h4,8-10,13-15,20H,1,5-7,11-12,16-17H2,2-3H3,(H,32,33,38). The number of likely N-dealkylation sites (tertiary alicyclic amines) is 1. The molecular formula is C29H31N7O4. The van der Waals surface area contributed by atoms with Crippen LogP contribution in [0.25, 0.3) is 22.3 Å². The number of hydrogen-bond donors (Lipinski definition) is 1. The molecule has 40 heavy (non-hydrogen) atoms. The maximum absolute atomic E-state index is 13.6. The van der Waals surface area contributed by atoms with Gasteiger partial charge in [-0.1, -0.05) is 12.6 Å². The number of benzene rings is 1. The van der Waals surface area contributed by atoms with Crippen molar-refractivity contribution in [2.75, 3.05) is 25.0 Å². The fourth-order valence-corrected chi connectivity index (χ4v) is 5.16. The van der Waals surface area contributed by atoms with Gasteiger partial charge in [0.1, 0.15) is 17.4 Å². The summed E-state index contributed by atoms with van der Waals surface area (Å²) in [7, 11) is 1.83. The number of pyridine rings is 1. The zero-order chi connectivity index (χ0) is 27.8. The molecule has 0 atom stereocenters. The highest BCUT2D eigenvalue weighted by Crippen LogP contribution is 2.33. The number of nitrogens with one attached hydrogen (secondary N) is 1. The van der Waals surface area contributed by atoms with E-state index in [0.29, 0.717) is 60.8 Å². The first-order chi connectivity index (χ1) is 19.4. The van der Waals surface area contributed by atoms with Gasteiger partial charge < -0.3 is 18.9 Å². The van der Waals surface area contributed by atoms with E-state index < -0.39 is 0 Å². The Hall–Kier alpha value is -4.67. The third-order valence-corrected chi connectivity index (χ3v) is 7.22. The number of ether oxygens (including phenoxy) is 2. The summed E-state index contributed by atoms with van der Waals surface area (Å²) in [6, 6.07) is 9.21. The number of anilines is 1. The number of aryl methyl sites for hydroxylation is 3. The molecule has 0 saturated carbocycles. The molecule has 11 nitrogen and oxygen atoms in total. The van der Waals surface area contributed by atoms with Gasteiger partial charge in [0.25, 0.3) is 5.91 Å². The molecule has 0 unspecified atom stereocenters. The van der Waals surface area contributed by atoms with Crippen molar-refractivity contribution in [3.05, 3.63) is 60.4 Å². The maximum Gasteiger partial charge on any atom is 0.258 e. The van der Waals surface area contributed by atoms with Crippen LogP contribution in [0.5, 0.6) is 11.6 Å². The molecule has 6 rings (SSSR count). The smallest absolute Gasteiger partial charge is 0.258 e. The van der Waals surface area contributed by atoms with E-state index >= 15 is 0 Å². The van der Waals surface area contributed by atoms with Crippen molar-refractivity contribution in [1.29, 1.82) is 0 Å². The van der Waals surface area contributed by atoms with Crippen molar-refractivity contribution in [2.24, 2.45) is 7.05 Å². The van der Waals surface area contributed by atoms with Gasteiger partial charge in [0.05, 0.1) is 42.7 Å². The van der Waals surface area contributed by atoms with E-state index in [1.807, 2.05) is 36.7 Å². The van der Waals surface area contributed by atoms with Crippen LogP contribution in [-0.2, 0) is 18.4 Å². The van der Waals surface area contributed by atoms with E-state index in [-0.39, 0.29) is 17.9 Å². The minimum atomic E-state index is -0.287. The lowest BCUT2D eigenvalue weighted by atomic mass is 10.1. The fourth-order valence-electron chi connectivity index (χ4n) is 5.16. The highest BCUT2D eigenvalue weighted by molar-refractivity contribution is 6.05. The predicted octanol–water partition coefficient (Wildman–Crippen LogP) is 3.73. The molecule has 0 spiro atoms. The molecule has 3 aromatic heterocycles. The van der Waals surface area contributed by atoms with Crippen molar-refractivity contribution in [3.63, 3.8) is 0 Å². The van der Waals surface area contributed by atoms with E-state index in [0.717, 1.165) is 35.9 Å². The van der Waals surface area contributed by atoms with Gasteiger partial charge in [0.15, 0.2) is 0 Å². The van der Waals surface area contributed by atoms with E-state index in [1.165, 1.54) is 6.08 Å². The molecule has 4 aromatic rings. The third-order valence-electron chi connectivity index (χ3n) is 7.22. The molecule has 0 radical (unpaired) electrons. The summed E-state index contributed by atoms with van der Waals surface area (Å²) in [5.41, 5.74) is 4.07. The minimum Gasteiger partial charge on any atom is -0.484 e. The zero-order valence-electron chi connectivity index (χ0n) is 22.6. The number of amides is 2. The van der Waals surface area contributed by atoms with Crippen LogP contribution in [-0.4, -0.2) is 66.8 Å². The molecule has 1 saturated heterocycles. The normalized spacial score (nSPS) is 16.1. The number of carbonyl (C=O) groups excluding carboxylic acids is 2. The van der Waals surface area contributed by atoms with Gasteiger partial charge in [-0.2, -0.15) is 5.10 Å². The Morgan fingerprint density at radius 3 is 2.88 bits per heavy atom. The van der Waals surface area contributed by atoms with Crippen molar-refractivity contribution >= 4 is 28.8 Å². The summed E-state index contributed by atoms with van der Waals surface area (Å²) < 4.78 is 16.1. The van der Waals surface area contributed by atoms with Gasteiger partial charge >= 0.3 is 0 Å². The van der Waals surface area contributed by atoms with Crippen molar-refractivity contribution in [1.82, 2.24) is 29.2 Å². The molecule has 1 aromatic carbocycles. The van der Waals surface area contributed by atoms with Gasteiger partial charge in [0.2, 0.25) is 17.7 Å². The lowest BCUT2D eigenvalue weighted by Crippen LogP contribution is -2.55. The second-order valence-electron chi connectivity index (χ2n) is 10.1. The largest absolute Gasteiger partial charge is 0.484 e. The number of rotatable bonds is 3. The van der Waals surface area contributed by atoms with Crippen LogP contribution in [0.2, 0.25) is 0 Å². The van der Waals surface area contributed by atoms with Gasteiger partial charge in [-0.15, -0.1) is 0 Å². The molecule has 2 amide bonds. The van der Waals surface area contributed by atoms with Crippen LogP contribution in [0.4, 0.5) is 5.95 Å². The Kier molecular flexibility index (Phi) is 6.71. The molecule has 0 aliphatic carbocycles. The number of carbonyl (C=O) groups is 2. The van der Waals surface area contributed by atoms with E-state index in [1.54, 1.807) is 27.9 Å². The lowest BCUT2D eigenvalue weighted by Gasteiger charge is -2.38. The summed E-state index contributed by atoms with van der Waals surface area (Å²) in [5, 5.41) is 7.39. The van der Waals surface area contributed by atoms with Crippen LogP contribution in [0.15, 0.2) is 49.2 Å². The molecule has 5 heterocycles. The minimum absolute atomic E-state index is 0.102. The highest BCUT2D eigenvalue weighted by Gasteiger charge is 2.32. The van der Waals surface area contributed by atoms with Crippen LogP contribution in [0.1, 0.15) is 35.3 Å². The molecule has 1 N–H and O–H groups in total. The predicted molar refractivity (Wildman–Crippen MR) is 149 cm³/mol. The SMILES string of the molecule is C=CC(=O)N1CC(Oc2cccc3nc4n(c23)CCCCCOc2c(cnn2C)-c2cc(cc(C)n2)C(=O)N4)C1. The number of imidazole rings is 1. The summed E-state index contributed by atoms with van der Waals surface area (Å²) in [4.78, 5) is 36.5. The molecule has 206 valence electrons. The third kappa shape index (κ3) is 4.78. The fraction of sp³-hybridized carbons (Fsp3) is 0.345. The summed E-state index contributed by atoms with van der Waals surface area (Å²) in [6.07, 6.45) is 5.52. The summed E-state index contributed by atoms with van der Waals surface area (Å²) in [6.45, 7) is 7.58. The molecule has 11 heteroatoms. The topological polar surface area (TPSA) is 116 Å². The Labute approximate surface area is 231 Å². The Morgan fingerprint density at radius 1 is 1.20 bits per heavy atom. The first kappa shape index (κ1) is 25.6. The molecule has 2 bridgehead atoms. The highest BCUT2D eigenvalue weighted by atomic mass is 16.5. The number of fused-ring (bicyclic) bond motifs is 7. The van der Waals surface area contributed by atoms with Gasteiger partial charge in [-0.3, -0.25) is 19.9 Å². The summed E-state index contributed by atoms with van der Waals surface area (Å²) >= 11 is 0. The molecular weight excluding hydrogens is 510 g/mol. The summed E-state index contributed by atoms with van der Waals surface area (Å²) in [5.74, 6) is 1.37. The maximum atomic E-state index is 13.6. The van der Waals surface area contributed by atoms with Crippen LogP contribution in [0, 0.1) is 6.92 Å². The van der Waals surface area contributed by atoms with Crippen LogP contribution >= 0.6 is 0 Å². The molecule has 2 aliphatic heterocycles. The Morgan fingerprint density at radius 2 is 2.05 bits per heavy atom. The Bertz CT molecular complexity index is 1620. The number of aromatic nitrogens is 5. The quantitative estimate of drug-likeness (QED) is 0.393. The van der Waals surface area contributed by atoms with Gasteiger partial charge in [-0.25, -0.2) is 9.67 Å². The van der Waals surface area contributed by atoms with E-state index in [9.17, 15) is 9.59 Å². The zero-order valence-corrected chi connectivity index (χ0v) is 22.6.